The molecule has 0 spiro atoms. The second-order valence-corrected chi connectivity index (χ2v) is 5.01. The van der Waals surface area contributed by atoms with Gasteiger partial charge in [-0.25, -0.2) is 9.59 Å². The van der Waals surface area contributed by atoms with Crippen molar-refractivity contribution in [3.63, 3.8) is 0 Å². The van der Waals surface area contributed by atoms with Gasteiger partial charge in [0.2, 0.25) is 0 Å². The van der Waals surface area contributed by atoms with Crippen molar-refractivity contribution in [3.8, 4) is 0 Å². The minimum atomic E-state index is -1.08. The van der Waals surface area contributed by atoms with Gasteiger partial charge in [-0.1, -0.05) is 0 Å². The Morgan fingerprint density at radius 1 is 1.50 bits per heavy atom. The molecule has 1 heterocycles. The van der Waals surface area contributed by atoms with Crippen LogP contribution in [0.25, 0.3) is 0 Å². The minimum Gasteiger partial charge on any atom is -0.480 e. The third-order valence-corrected chi connectivity index (χ3v) is 2.83. The summed E-state index contributed by atoms with van der Waals surface area (Å²) in [5.74, 6) is -1.08. The number of hydrogen-bond acceptors (Lipinski definition) is 4. The van der Waals surface area contributed by atoms with Crippen molar-refractivity contribution in [1.29, 1.82) is 0 Å². The van der Waals surface area contributed by atoms with Crippen LogP contribution in [0, 0.1) is 0 Å². The number of aliphatic hydroxyl groups excluding tert-OH is 1. The quantitative estimate of drug-likeness (QED) is 0.612. The van der Waals surface area contributed by atoms with Crippen molar-refractivity contribution < 1.29 is 19.8 Å². The third-order valence-electron chi connectivity index (χ3n) is 2.83. The highest BCUT2D eigenvalue weighted by Crippen LogP contribution is 2.18. The summed E-state index contributed by atoms with van der Waals surface area (Å²) in [6.45, 7) is 2.58. The highest BCUT2D eigenvalue weighted by atomic mass is 16.4. The normalized spacial score (nSPS) is 25.3. The molecule has 0 aromatic rings. The van der Waals surface area contributed by atoms with Crippen molar-refractivity contribution >= 4 is 12.0 Å². The lowest BCUT2D eigenvalue weighted by Gasteiger charge is -2.25. The summed E-state index contributed by atoms with van der Waals surface area (Å²) in [5, 5.41) is 21.2. The van der Waals surface area contributed by atoms with E-state index in [0.29, 0.717) is 6.54 Å². The molecule has 2 amide bonds. The molecule has 0 saturated carbocycles. The van der Waals surface area contributed by atoms with E-state index in [2.05, 4.69) is 5.32 Å². The van der Waals surface area contributed by atoms with Crippen LogP contribution in [0.5, 0.6) is 0 Å². The first-order valence-electron chi connectivity index (χ1n) is 5.94. The number of likely N-dealkylation sites (tertiary alicyclic amines) is 1. The van der Waals surface area contributed by atoms with Crippen molar-refractivity contribution in [1.82, 2.24) is 15.1 Å². The number of carbonyl (C=O) groups is 2. The first kappa shape index (κ1) is 14.7. The van der Waals surface area contributed by atoms with Gasteiger partial charge in [-0.3, -0.25) is 0 Å². The zero-order chi connectivity index (χ0) is 13.9. The Hall–Kier alpha value is -1.34. The molecule has 3 atom stereocenters. The van der Waals surface area contributed by atoms with E-state index in [9.17, 15) is 14.7 Å². The van der Waals surface area contributed by atoms with Crippen LogP contribution in [0.1, 0.15) is 13.3 Å². The summed E-state index contributed by atoms with van der Waals surface area (Å²) < 4.78 is 0. The number of β-amino-alcohol motifs (C(OH)–C–C–N with tert-alkyl or cyclic N) is 1. The lowest BCUT2D eigenvalue weighted by Crippen LogP contribution is -2.50. The van der Waals surface area contributed by atoms with Gasteiger partial charge in [0.1, 0.15) is 6.04 Å². The number of aliphatic carboxylic acids is 1. The van der Waals surface area contributed by atoms with Crippen LogP contribution in [0.3, 0.4) is 0 Å². The molecule has 104 valence electrons. The minimum absolute atomic E-state index is 0.0669. The zero-order valence-electron chi connectivity index (χ0n) is 11.0. The molecule has 0 aromatic heterocycles. The number of hydrogen-bond donors (Lipinski definition) is 3. The number of carboxylic acid groups (broad SMARTS) is 1. The number of carboxylic acids is 1. The number of rotatable bonds is 4. The fourth-order valence-corrected chi connectivity index (χ4v) is 2.16. The highest BCUT2D eigenvalue weighted by molar-refractivity contribution is 5.83. The fraction of sp³-hybridized carbons (Fsp3) is 0.818. The second kappa shape index (κ2) is 6.01. The number of likely N-dealkylation sites (N-methyl/N-ethyl adjacent to an activating group) is 1. The van der Waals surface area contributed by atoms with Gasteiger partial charge in [-0.2, -0.15) is 0 Å². The Kier molecular flexibility index (Phi) is 4.92. The van der Waals surface area contributed by atoms with Crippen molar-refractivity contribution in [2.45, 2.75) is 31.5 Å². The number of nitrogens with one attached hydrogen (secondary N) is 1. The van der Waals surface area contributed by atoms with E-state index in [1.54, 1.807) is 0 Å². The predicted octanol–water partition coefficient (Wildman–Crippen LogP) is -0.834. The monoisotopic (exact) mass is 259 g/mol. The van der Waals surface area contributed by atoms with Gasteiger partial charge in [0.05, 0.1) is 6.10 Å². The largest absolute Gasteiger partial charge is 0.480 e. The molecule has 18 heavy (non-hydrogen) atoms. The molecule has 7 heteroatoms. The Bertz CT molecular complexity index is 321. The average molecular weight is 259 g/mol. The molecule has 1 aliphatic rings. The SMILES string of the molecule is CC(CN(C)C)NC(=O)N1C[C@H](O)C[C@H]1C(=O)O. The van der Waals surface area contributed by atoms with Gasteiger partial charge >= 0.3 is 12.0 Å². The molecule has 1 fully saturated rings. The summed E-state index contributed by atoms with van der Waals surface area (Å²) in [6.07, 6.45) is -0.675. The van der Waals surface area contributed by atoms with Crippen LogP contribution in [0.2, 0.25) is 0 Å². The van der Waals surface area contributed by atoms with Gasteiger partial charge in [0, 0.05) is 25.6 Å². The molecule has 1 rings (SSSR count). The van der Waals surface area contributed by atoms with E-state index in [-0.39, 0.29) is 19.0 Å². The number of aliphatic hydroxyl groups is 1. The molecule has 1 aliphatic heterocycles. The summed E-state index contributed by atoms with van der Waals surface area (Å²) in [6, 6.07) is -1.46. The molecule has 0 aliphatic carbocycles. The van der Waals surface area contributed by atoms with E-state index >= 15 is 0 Å². The number of amides is 2. The summed E-state index contributed by atoms with van der Waals surface area (Å²) in [7, 11) is 3.78. The molecule has 7 nitrogen and oxygen atoms in total. The number of carbonyl (C=O) groups excluding carboxylic acids is 1. The van der Waals surface area contributed by atoms with Gasteiger partial charge in [0.25, 0.3) is 0 Å². The standard InChI is InChI=1S/C11H21N3O4/c1-7(5-13(2)3)12-11(18)14-6-8(15)4-9(14)10(16)17/h7-9,15H,4-6H2,1-3H3,(H,12,18)(H,16,17)/t7?,8-,9+/m1/s1. The average Bonchev–Trinajstić information content (AvgIpc) is 2.58. The van der Waals surface area contributed by atoms with Gasteiger partial charge in [-0.15, -0.1) is 0 Å². The predicted molar refractivity (Wildman–Crippen MR) is 65.3 cm³/mol. The lowest BCUT2D eigenvalue weighted by atomic mass is 10.2. The van der Waals surface area contributed by atoms with Crippen LogP contribution in [-0.2, 0) is 4.79 Å². The van der Waals surface area contributed by atoms with E-state index in [1.807, 2.05) is 25.9 Å². The summed E-state index contributed by atoms with van der Waals surface area (Å²) >= 11 is 0. The molecule has 0 aromatic carbocycles. The Balaban J connectivity index is 2.57. The maximum absolute atomic E-state index is 11.9. The van der Waals surface area contributed by atoms with Gasteiger partial charge in [0.15, 0.2) is 0 Å². The molecular weight excluding hydrogens is 238 g/mol. The fourth-order valence-electron chi connectivity index (χ4n) is 2.16. The van der Waals surface area contributed by atoms with Crippen molar-refractivity contribution in [2.75, 3.05) is 27.2 Å². The van der Waals surface area contributed by atoms with Crippen LogP contribution in [-0.4, -0.2) is 77.4 Å². The topological polar surface area (TPSA) is 93.1 Å². The van der Waals surface area contributed by atoms with Gasteiger partial charge in [-0.05, 0) is 21.0 Å². The van der Waals surface area contributed by atoms with E-state index in [1.165, 1.54) is 4.90 Å². The molecule has 0 radical (unpaired) electrons. The summed E-state index contributed by atoms with van der Waals surface area (Å²) in [5.41, 5.74) is 0. The Morgan fingerprint density at radius 2 is 2.11 bits per heavy atom. The van der Waals surface area contributed by atoms with Crippen molar-refractivity contribution in [2.24, 2.45) is 0 Å². The lowest BCUT2D eigenvalue weighted by molar-refractivity contribution is -0.141. The van der Waals surface area contributed by atoms with E-state index in [4.69, 9.17) is 5.11 Å². The molecular formula is C11H21N3O4. The van der Waals surface area contributed by atoms with Crippen molar-refractivity contribution in [3.05, 3.63) is 0 Å². The van der Waals surface area contributed by atoms with Crippen LogP contribution >= 0.6 is 0 Å². The highest BCUT2D eigenvalue weighted by Gasteiger charge is 2.39. The van der Waals surface area contributed by atoms with Gasteiger partial charge < -0.3 is 25.3 Å². The zero-order valence-corrected chi connectivity index (χ0v) is 11.0. The van der Waals surface area contributed by atoms with E-state index in [0.717, 1.165) is 0 Å². The number of nitrogens with zero attached hydrogens (tertiary/aromatic N) is 2. The maximum Gasteiger partial charge on any atom is 0.326 e. The Morgan fingerprint density at radius 3 is 2.61 bits per heavy atom. The molecule has 1 saturated heterocycles. The first-order chi connectivity index (χ1) is 8.31. The molecule has 0 bridgehead atoms. The second-order valence-electron chi connectivity index (χ2n) is 5.01. The number of urea groups is 1. The third kappa shape index (κ3) is 3.85. The maximum atomic E-state index is 11.9. The van der Waals surface area contributed by atoms with Crippen LogP contribution in [0.4, 0.5) is 4.79 Å². The van der Waals surface area contributed by atoms with E-state index < -0.39 is 24.1 Å². The van der Waals surface area contributed by atoms with Crippen LogP contribution in [0.15, 0.2) is 0 Å². The molecule has 3 N–H and O–H groups in total. The summed E-state index contributed by atoms with van der Waals surface area (Å²) in [4.78, 5) is 26.0. The molecule has 1 unspecified atom stereocenters. The first-order valence-corrected chi connectivity index (χ1v) is 5.94. The van der Waals surface area contributed by atoms with Crippen LogP contribution < -0.4 is 5.32 Å². The smallest absolute Gasteiger partial charge is 0.326 e. The Labute approximate surface area is 106 Å².